The third-order valence-electron chi connectivity index (χ3n) is 3.18. The number of hydrogen-bond donors (Lipinski definition) is 2. The van der Waals surface area contributed by atoms with E-state index in [1.54, 1.807) is 0 Å². The molecule has 19 heavy (non-hydrogen) atoms. The van der Waals surface area contributed by atoms with Crippen molar-refractivity contribution in [2.24, 2.45) is 0 Å². The van der Waals surface area contributed by atoms with Gasteiger partial charge in [0.15, 0.2) is 6.04 Å². The van der Waals surface area contributed by atoms with Crippen molar-refractivity contribution in [3.63, 3.8) is 0 Å². The normalized spacial score (nSPS) is 18.4. The Morgan fingerprint density at radius 1 is 1.32 bits per heavy atom. The largest absolute Gasteiger partial charge is 0.336 e. The maximum absolute atomic E-state index is 12.0. The quantitative estimate of drug-likeness (QED) is 0.873. The van der Waals surface area contributed by atoms with Crippen molar-refractivity contribution >= 4 is 22.4 Å². The van der Waals surface area contributed by atoms with Crippen molar-refractivity contribution in [1.29, 1.82) is 0 Å². The smallest absolute Gasteiger partial charge is 0.284 e. The van der Waals surface area contributed by atoms with E-state index in [4.69, 9.17) is 0 Å². The first-order valence-electron chi connectivity index (χ1n) is 6.36. The Labute approximate surface area is 115 Å². The van der Waals surface area contributed by atoms with Gasteiger partial charge in [-0.2, -0.15) is 0 Å². The van der Waals surface area contributed by atoms with Gasteiger partial charge in [0, 0.05) is 18.4 Å². The molecular formula is C13H15N4OS+. The molecule has 6 heteroatoms. The Hall–Kier alpha value is -1.79. The molecule has 3 rings (SSSR count). The monoisotopic (exact) mass is 275 g/mol. The summed E-state index contributed by atoms with van der Waals surface area (Å²) in [5.41, 5.74) is 1.02. The van der Waals surface area contributed by atoms with E-state index in [0.717, 1.165) is 30.0 Å². The zero-order valence-corrected chi connectivity index (χ0v) is 11.2. The van der Waals surface area contributed by atoms with Crippen LogP contribution in [0.15, 0.2) is 30.3 Å². The minimum atomic E-state index is 0.0316. The summed E-state index contributed by atoms with van der Waals surface area (Å²) in [6.45, 7) is 1.03. The van der Waals surface area contributed by atoms with Crippen molar-refractivity contribution in [3.8, 4) is 10.6 Å². The summed E-state index contributed by atoms with van der Waals surface area (Å²) in [6, 6.07) is 9.88. The summed E-state index contributed by atoms with van der Waals surface area (Å²) in [6.07, 6.45) is 2.04. The molecule has 0 aliphatic carbocycles. The van der Waals surface area contributed by atoms with E-state index in [-0.39, 0.29) is 11.9 Å². The number of nitrogens with one attached hydrogen (secondary N) is 1. The molecule has 2 heterocycles. The topological polar surface area (TPSA) is 71.5 Å². The standard InChI is InChI=1S/C13H14N4OS/c18-11(10-7-4-8-14-10)15-13-17-16-12(19-13)9-5-2-1-3-6-9/h1-3,5-6,10,14H,4,7-8H2,(H,15,17,18)/p+1/t10-/m0/s1. The molecule has 1 aliphatic heterocycles. The van der Waals surface area contributed by atoms with Gasteiger partial charge in [-0.1, -0.05) is 41.7 Å². The number of nitrogens with two attached hydrogens (primary N) is 1. The molecule has 1 aromatic carbocycles. The lowest BCUT2D eigenvalue weighted by atomic mass is 10.2. The molecule has 3 N–H and O–H groups in total. The van der Waals surface area contributed by atoms with Crippen molar-refractivity contribution < 1.29 is 10.1 Å². The van der Waals surface area contributed by atoms with Crippen molar-refractivity contribution in [1.82, 2.24) is 10.2 Å². The third-order valence-corrected chi connectivity index (χ3v) is 4.07. The van der Waals surface area contributed by atoms with E-state index in [2.05, 4.69) is 20.8 Å². The van der Waals surface area contributed by atoms with E-state index in [1.807, 2.05) is 30.3 Å². The minimum absolute atomic E-state index is 0.0316. The first kappa shape index (κ1) is 12.3. The van der Waals surface area contributed by atoms with Gasteiger partial charge in [-0.05, 0) is 0 Å². The maximum atomic E-state index is 12.0. The molecule has 1 saturated heterocycles. The molecule has 1 fully saturated rings. The zero-order valence-electron chi connectivity index (χ0n) is 10.4. The molecule has 0 saturated carbocycles. The molecule has 0 radical (unpaired) electrons. The molecule has 1 aromatic heterocycles. The highest BCUT2D eigenvalue weighted by molar-refractivity contribution is 7.18. The fourth-order valence-electron chi connectivity index (χ4n) is 2.18. The van der Waals surface area contributed by atoms with Gasteiger partial charge in [0.05, 0.1) is 6.54 Å². The number of nitrogens with zero attached hydrogens (tertiary/aromatic N) is 2. The third kappa shape index (κ3) is 2.80. The summed E-state index contributed by atoms with van der Waals surface area (Å²) in [5.74, 6) is 0.0354. The van der Waals surface area contributed by atoms with Crippen LogP contribution in [0.3, 0.4) is 0 Å². The molecule has 0 spiro atoms. The maximum Gasteiger partial charge on any atom is 0.284 e. The number of aromatic nitrogens is 2. The Kier molecular flexibility index (Phi) is 3.52. The molecule has 5 nitrogen and oxygen atoms in total. The molecule has 1 atom stereocenters. The highest BCUT2D eigenvalue weighted by Crippen LogP contribution is 2.25. The van der Waals surface area contributed by atoms with Gasteiger partial charge in [0.25, 0.3) is 5.91 Å². The lowest BCUT2D eigenvalue weighted by Crippen LogP contribution is -2.88. The number of benzene rings is 1. The summed E-state index contributed by atoms with van der Waals surface area (Å²) < 4.78 is 0. The second-order valence-corrected chi connectivity index (χ2v) is 5.52. The van der Waals surface area contributed by atoms with Gasteiger partial charge in [-0.25, -0.2) is 0 Å². The summed E-state index contributed by atoms with van der Waals surface area (Å²) in [5, 5.41) is 14.5. The predicted molar refractivity (Wildman–Crippen MR) is 73.8 cm³/mol. The molecule has 2 aromatic rings. The summed E-state index contributed by atoms with van der Waals surface area (Å²) >= 11 is 1.41. The first-order valence-corrected chi connectivity index (χ1v) is 7.18. The fourth-order valence-corrected chi connectivity index (χ4v) is 2.93. The van der Waals surface area contributed by atoms with E-state index in [0.29, 0.717) is 5.13 Å². The second-order valence-electron chi connectivity index (χ2n) is 4.54. The van der Waals surface area contributed by atoms with Gasteiger partial charge >= 0.3 is 0 Å². The van der Waals surface area contributed by atoms with Crippen LogP contribution < -0.4 is 10.6 Å². The van der Waals surface area contributed by atoms with Gasteiger partial charge in [-0.15, -0.1) is 10.2 Å². The highest BCUT2D eigenvalue weighted by Gasteiger charge is 2.26. The number of carbonyl (C=O) groups excluding carboxylic acids is 1. The molecule has 0 bridgehead atoms. The average Bonchev–Trinajstić information content (AvgIpc) is 3.11. The van der Waals surface area contributed by atoms with Crippen LogP contribution in [0.2, 0.25) is 0 Å². The molecule has 0 unspecified atom stereocenters. The molecular weight excluding hydrogens is 260 g/mol. The number of quaternary nitrogens is 1. The van der Waals surface area contributed by atoms with E-state index >= 15 is 0 Å². The lowest BCUT2D eigenvalue weighted by molar-refractivity contribution is -0.656. The SMILES string of the molecule is O=C(Nc1nnc(-c2ccccc2)s1)[C@@H]1CCC[NH2+]1. The van der Waals surface area contributed by atoms with Crippen molar-refractivity contribution in [3.05, 3.63) is 30.3 Å². The van der Waals surface area contributed by atoms with Crippen LogP contribution >= 0.6 is 11.3 Å². The Morgan fingerprint density at radius 3 is 2.89 bits per heavy atom. The van der Waals surface area contributed by atoms with E-state index in [1.165, 1.54) is 11.3 Å². The van der Waals surface area contributed by atoms with Crippen LogP contribution in [0.25, 0.3) is 10.6 Å². The van der Waals surface area contributed by atoms with Gasteiger partial charge in [-0.3, -0.25) is 10.1 Å². The van der Waals surface area contributed by atoms with Gasteiger partial charge < -0.3 is 5.32 Å². The Balaban J connectivity index is 1.70. The number of anilines is 1. The predicted octanol–water partition coefficient (Wildman–Crippen LogP) is 0.869. The minimum Gasteiger partial charge on any atom is -0.336 e. The molecule has 98 valence electrons. The second kappa shape index (κ2) is 5.46. The first-order chi connectivity index (χ1) is 9.33. The summed E-state index contributed by atoms with van der Waals surface area (Å²) in [7, 11) is 0. The molecule has 1 aliphatic rings. The van der Waals surface area contributed by atoms with Crippen molar-refractivity contribution in [2.75, 3.05) is 11.9 Å². The Bertz CT molecular complexity index is 563. The van der Waals surface area contributed by atoms with E-state index in [9.17, 15) is 4.79 Å². The van der Waals surface area contributed by atoms with Crippen LogP contribution in [-0.2, 0) is 4.79 Å². The lowest BCUT2D eigenvalue weighted by Gasteiger charge is -2.04. The molecule has 1 amide bonds. The van der Waals surface area contributed by atoms with Gasteiger partial charge in [0.1, 0.15) is 5.01 Å². The summed E-state index contributed by atoms with van der Waals surface area (Å²) in [4.78, 5) is 12.0. The highest BCUT2D eigenvalue weighted by atomic mass is 32.1. The zero-order chi connectivity index (χ0) is 13.1. The number of carbonyl (C=O) groups is 1. The number of rotatable bonds is 3. The van der Waals surface area contributed by atoms with E-state index < -0.39 is 0 Å². The Morgan fingerprint density at radius 2 is 2.16 bits per heavy atom. The number of hydrogen-bond acceptors (Lipinski definition) is 4. The van der Waals surface area contributed by atoms with Crippen LogP contribution in [-0.4, -0.2) is 28.7 Å². The van der Waals surface area contributed by atoms with Crippen LogP contribution in [0.5, 0.6) is 0 Å². The van der Waals surface area contributed by atoms with Crippen LogP contribution in [0, 0.1) is 0 Å². The van der Waals surface area contributed by atoms with Crippen molar-refractivity contribution in [2.45, 2.75) is 18.9 Å². The number of amides is 1. The average molecular weight is 275 g/mol. The van der Waals surface area contributed by atoms with Crippen LogP contribution in [0.1, 0.15) is 12.8 Å². The van der Waals surface area contributed by atoms with Crippen LogP contribution in [0.4, 0.5) is 5.13 Å². The fraction of sp³-hybridized carbons (Fsp3) is 0.308. The van der Waals surface area contributed by atoms with Gasteiger partial charge in [0.2, 0.25) is 5.13 Å².